The van der Waals surface area contributed by atoms with E-state index in [4.69, 9.17) is 15.3 Å². The van der Waals surface area contributed by atoms with Gasteiger partial charge in [0.2, 0.25) is 0 Å². The summed E-state index contributed by atoms with van der Waals surface area (Å²) < 4.78 is 8.74. The minimum Gasteiger partial charge on any atom is -0.478 e. The molecular formula is C11H22O7. The summed E-state index contributed by atoms with van der Waals surface area (Å²) in [6, 6.07) is 0. The molecule has 0 unspecified atom stereocenters. The second-order valence-electron chi connectivity index (χ2n) is 2.84. The number of carboxylic acid groups (broad SMARTS) is 1. The molecule has 0 aliphatic carbocycles. The standard InChI is InChI=1S/C4H10O3.C4H6O2.C3H6O2/c5-1-3-7-4-2-6;1-3(2)4(5)6;1-3(4)5-2/h5-6H,1-4H2;1H2,2H3,(H,5,6);1-2H3. The van der Waals surface area contributed by atoms with Crippen LogP contribution in [0.15, 0.2) is 12.2 Å². The number of aliphatic hydroxyl groups excluding tert-OH is 2. The maximum Gasteiger partial charge on any atom is 0.330 e. The lowest BCUT2D eigenvalue weighted by Gasteiger charge is -1.94. The number of aliphatic hydroxyl groups is 2. The van der Waals surface area contributed by atoms with Gasteiger partial charge >= 0.3 is 11.9 Å². The van der Waals surface area contributed by atoms with E-state index in [1.54, 1.807) is 0 Å². The molecule has 0 atom stereocenters. The highest BCUT2D eigenvalue weighted by Gasteiger charge is 1.90. The van der Waals surface area contributed by atoms with Crippen LogP contribution < -0.4 is 0 Å². The van der Waals surface area contributed by atoms with Crippen LogP contribution in [-0.4, -0.2) is 60.8 Å². The number of rotatable bonds is 5. The average molecular weight is 266 g/mol. The molecule has 18 heavy (non-hydrogen) atoms. The Labute approximate surface area is 107 Å². The van der Waals surface area contributed by atoms with Gasteiger partial charge < -0.3 is 24.8 Å². The smallest absolute Gasteiger partial charge is 0.330 e. The van der Waals surface area contributed by atoms with Gasteiger partial charge in [0.05, 0.1) is 33.5 Å². The fourth-order valence-electron chi connectivity index (χ4n) is 0.231. The third-order valence-electron chi connectivity index (χ3n) is 1.12. The molecule has 0 saturated carbocycles. The molecule has 3 N–H and O–H groups in total. The molecular weight excluding hydrogens is 244 g/mol. The first-order chi connectivity index (χ1) is 8.33. The number of aliphatic carboxylic acids is 1. The third kappa shape index (κ3) is 36.5. The van der Waals surface area contributed by atoms with E-state index in [0.29, 0.717) is 13.2 Å². The van der Waals surface area contributed by atoms with Crippen molar-refractivity contribution in [3.63, 3.8) is 0 Å². The van der Waals surface area contributed by atoms with Crippen molar-refractivity contribution in [1.29, 1.82) is 0 Å². The van der Waals surface area contributed by atoms with Gasteiger partial charge in [-0.05, 0) is 6.92 Å². The summed E-state index contributed by atoms with van der Waals surface area (Å²) in [5, 5.41) is 24.1. The van der Waals surface area contributed by atoms with Gasteiger partial charge in [0.1, 0.15) is 0 Å². The Kier molecular flexibility index (Phi) is 21.7. The molecule has 0 bridgehead atoms. The molecule has 7 heteroatoms. The Morgan fingerprint density at radius 3 is 1.50 bits per heavy atom. The minimum absolute atomic E-state index is 0.0278. The number of hydrogen-bond acceptors (Lipinski definition) is 6. The highest BCUT2D eigenvalue weighted by Crippen LogP contribution is 1.81. The van der Waals surface area contributed by atoms with Crippen LogP contribution in [-0.2, 0) is 19.1 Å². The molecule has 0 aromatic rings. The van der Waals surface area contributed by atoms with E-state index in [1.807, 2.05) is 0 Å². The number of carboxylic acids is 1. The Hall–Kier alpha value is -1.44. The molecule has 0 saturated heterocycles. The summed E-state index contributed by atoms with van der Waals surface area (Å²) in [5.41, 5.74) is 0.176. The van der Waals surface area contributed by atoms with Crippen LogP contribution in [0.2, 0.25) is 0 Å². The van der Waals surface area contributed by atoms with E-state index in [-0.39, 0.29) is 24.8 Å². The fraction of sp³-hybridized carbons (Fsp3) is 0.636. The molecule has 0 aliphatic rings. The van der Waals surface area contributed by atoms with Crippen molar-refractivity contribution >= 4 is 11.9 Å². The van der Waals surface area contributed by atoms with E-state index >= 15 is 0 Å². The van der Waals surface area contributed by atoms with Crippen molar-refractivity contribution in [1.82, 2.24) is 0 Å². The van der Waals surface area contributed by atoms with Crippen LogP contribution in [0.3, 0.4) is 0 Å². The predicted octanol–water partition coefficient (Wildman–Crippen LogP) is -0.186. The number of hydrogen-bond donors (Lipinski definition) is 3. The van der Waals surface area contributed by atoms with Gasteiger partial charge in [-0.15, -0.1) is 0 Å². The maximum atomic E-state index is 9.60. The molecule has 7 nitrogen and oxygen atoms in total. The topological polar surface area (TPSA) is 113 Å². The number of methoxy groups -OCH3 is 1. The molecule has 0 rings (SSSR count). The van der Waals surface area contributed by atoms with Gasteiger partial charge in [-0.3, -0.25) is 4.79 Å². The van der Waals surface area contributed by atoms with E-state index in [0.717, 1.165) is 0 Å². The predicted molar refractivity (Wildman–Crippen MR) is 65.1 cm³/mol. The quantitative estimate of drug-likeness (QED) is 0.359. The summed E-state index contributed by atoms with van der Waals surface area (Å²) in [6.45, 7) is 6.66. The van der Waals surface area contributed by atoms with Gasteiger partial charge in [0, 0.05) is 12.5 Å². The molecule has 108 valence electrons. The highest BCUT2D eigenvalue weighted by molar-refractivity contribution is 5.84. The van der Waals surface area contributed by atoms with Gasteiger partial charge in [0.15, 0.2) is 0 Å². The first kappa shape index (κ1) is 21.8. The van der Waals surface area contributed by atoms with Crippen LogP contribution >= 0.6 is 0 Å². The molecule has 0 aromatic heterocycles. The molecule has 0 spiro atoms. The van der Waals surface area contributed by atoms with E-state index < -0.39 is 5.97 Å². The zero-order chi connectivity index (χ0) is 15.0. The monoisotopic (exact) mass is 266 g/mol. The largest absolute Gasteiger partial charge is 0.478 e. The fourth-order valence-corrected chi connectivity index (χ4v) is 0.231. The highest BCUT2D eigenvalue weighted by atomic mass is 16.5. The zero-order valence-electron chi connectivity index (χ0n) is 11.0. The molecule has 0 aliphatic heterocycles. The number of ether oxygens (including phenoxy) is 2. The van der Waals surface area contributed by atoms with Crippen LogP contribution in [0.5, 0.6) is 0 Å². The normalized spacial score (nSPS) is 8.06. The lowest BCUT2D eigenvalue weighted by molar-refractivity contribution is -0.138. The van der Waals surface area contributed by atoms with Crippen LogP contribution in [0.25, 0.3) is 0 Å². The number of esters is 1. The third-order valence-corrected chi connectivity index (χ3v) is 1.12. The van der Waals surface area contributed by atoms with Gasteiger partial charge in [-0.2, -0.15) is 0 Å². The van der Waals surface area contributed by atoms with Gasteiger partial charge in [-0.1, -0.05) is 6.58 Å². The first-order valence-corrected chi connectivity index (χ1v) is 5.06. The van der Waals surface area contributed by atoms with Crippen LogP contribution in [0.1, 0.15) is 13.8 Å². The van der Waals surface area contributed by atoms with Crippen molar-refractivity contribution in [3.8, 4) is 0 Å². The Morgan fingerprint density at radius 1 is 1.11 bits per heavy atom. The summed E-state index contributed by atoms with van der Waals surface area (Å²) in [6.07, 6.45) is 0. The summed E-state index contributed by atoms with van der Waals surface area (Å²) in [5.74, 6) is -1.18. The molecule has 0 heterocycles. The summed E-state index contributed by atoms with van der Waals surface area (Å²) >= 11 is 0. The second-order valence-corrected chi connectivity index (χ2v) is 2.84. The van der Waals surface area contributed by atoms with E-state index in [1.165, 1.54) is 21.0 Å². The lowest BCUT2D eigenvalue weighted by Crippen LogP contribution is -2.03. The molecule has 0 fully saturated rings. The maximum absolute atomic E-state index is 9.60. The minimum atomic E-state index is -0.935. The summed E-state index contributed by atoms with van der Waals surface area (Å²) in [4.78, 5) is 19.2. The molecule has 0 amide bonds. The van der Waals surface area contributed by atoms with Crippen LogP contribution in [0, 0.1) is 0 Å². The van der Waals surface area contributed by atoms with Crippen molar-refractivity contribution in [2.24, 2.45) is 0 Å². The van der Waals surface area contributed by atoms with Crippen molar-refractivity contribution in [2.75, 3.05) is 33.5 Å². The van der Waals surface area contributed by atoms with Gasteiger partial charge in [-0.25, -0.2) is 4.79 Å². The van der Waals surface area contributed by atoms with Crippen molar-refractivity contribution < 1.29 is 34.4 Å². The number of carbonyl (C=O) groups is 2. The Balaban J connectivity index is -0.000000190. The van der Waals surface area contributed by atoms with E-state index in [9.17, 15) is 9.59 Å². The Morgan fingerprint density at radius 2 is 1.39 bits per heavy atom. The van der Waals surface area contributed by atoms with Gasteiger partial charge in [0.25, 0.3) is 0 Å². The van der Waals surface area contributed by atoms with Crippen LogP contribution in [0.4, 0.5) is 0 Å². The Bertz CT molecular complexity index is 209. The second kappa shape index (κ2) is 17.9. The molecule has 0 aromatic carbocycles. The summed E-state index contributed by atoms with van der Waals surface area (Å²) in [7, 11) is 1.35. The zero-order valence-corrected chi connectivity index (χ0v) is 11.0. The average Bonchev–Trinajstić information content (AvgIpc) is 2.31. The lowest BCUT2D eigenvalue weighted by atomic mass is 10.4. The number of carbonyl (C=O) groups excluding carboxylic acids is 1. The van der Waals surface area contributed by atoms with Crippen molar-refractivity contribution in [2.45, 2.75) is 13.8 Å². The molecule has 0 radical (unpaired) electrons. The SMILES string of the molecule is C=C(C)C(=O)O.COC(C)=O.OCCOCCO. The van der Waals surface area contributed by atoms with Crippen molar-refractivity contribution in [3.05, 3.63) is 12.2 Å². The van der Waals surface area contributed by atoms with E-state index in [2.05, 4.69) is 16.1 Å². The first-order valence-electron chi connectivity index (χ1n) is 5.06.